The fraction of sp³-hybridized carbons (Fsp3) is 0.294. The van der Waals surface area contributed by atoms with Crippen molar-refractivity contribution in [2.75, 3.05) is 26.1 Å². The Balaban J connectivity index is 2.08. The molecule has 0 aliphatic heterocycles. The maximum atomic E-state index is 5.41. The van der Waals surface area contributed by atoms with Crippen molar-refractivity contribution in [3.8, 4) is 5.75 Å². The highest BCUT2D eigenvalue weighted by atomic mass is 16.5. The Bertz CT molecular complexity index is 537. The number of nitrogens with zero attached hydrogens (tertiary/aromatic N) is 1. The molecule has 0 heterocycles. The summed E-state index contributed by atoms with van der Waals surface area (Å²) in [6.45, 7) is 1.77. The van der Waals surface area contributed by atoms with Crippen molar-refractivity contribution < 1.29 is 4.74 Å². The van der Waals surface area contributed by atoms with Gasteiger partial charge in [0.1, 0.15) is 5.75 Å². The molecule has 1 N–H and O–H groups in total. The molecule has 20 heavy (non-hydrogen) atoms. The summed E-state index contributed by atoms with van der Waals surface area (Å²) < 4.78 is 5.41. The minimum Gasteiger partial charge on any atom is -0.495 e. The van der Waals surface area contributed by atoms with Crippen molar-refractivity contribution in [2.45, 2.75) is 13.1 Å². The number of ether oxygens (including phenoxy) is 1. The predicted octanol–water partition coefficient (Wildman–Crippen LogP) is 3.05. The lowest BCUT2D eigenvalue weighted by Crippen LogP contribution is -2.17. The molecule has 0 bridgehead atoms. The summed E-state index contributed by atoms with van der Waals surface area (Å²) in [5, 5.41) is 3.16. The Hall–Kier alpha value is -2.00. The average Bonchev–Trinajstić information content (AvgIpc) is 2.49. The van der Waals surface area contributed by atoms with Crippen LogP contribution in [0.25, 0.3) is 0 Å². The van der Waals surface area contributed by atoms with E-state index in [1.807, 2.05) is 25.2 Å². The highest BCUT2D eigenvalue weighted by Crippen LogP contribution is 2.27. The van der Waals surface area contributed by atoms with Gasteiger partial charge in [0.2, 0.25) is 0 Å². The van der Waals surface area contributed by atoms with Crippen molar-refractivity contribution in [1.82, 2.24) is 5.32 Å². The second-order valence-corrected chi connectivity index (χ2v) is 4.87. The second kappa shape index (κ2) is 6.96. The van der Waals surface area contributed by atoms with E-state index in [1.165, 1.54) is 11.1 Å². The fourth-order valence-electron chi connectivity index (χ4n) is 2.27. The molecule has 0 aliphatic rings. The minimum atomic E-state index is 0.861. The van der Waals surface area contributed by atoms with E-state index in [2.05, 4.69) is 47.6 Å². The zero-order valence-electron chi connectivity index (χ0n) is 12.4. The number of nitrogens with one attached hydrogen (secondary N) is 1. The van der Waals surface area contributed by atoms with Crippen LogP contribution in [0.5, 0.6) is 5.75 Å². The van der Waals surface area contributed by atoms with Crippen molar-refractivity contribution in [2.24, 2.45) is 0 Å². The van der Waals surface area contributed by atoms with Gasteiger partial charge in [-0.3, -0.25) is 0 Å². The molecule has 0 atom stereocenters. The topological polar surface area (TPSA) is 24.5 Å². The lowest BCUT2D eigenvalue weighted by atomic mass is 10.1. The molecule has 0 saturated heterocycles. The van der Waals surface area contributed by atoms with Crippen LogP contribution in [-0.2, 0) is 13.1 Å². The van der Waals surface area contributed by atoms with E-state index < -0.39 is 0 Å². The van der Waals surface area contributed by atoms with Gasteiger partial charge in [0, 0.05) is 20.1 Å². The maximum Gasteiger partial charge on any atom is 0.142 e. The molecule has 3 nitrogen and oxygen atoms in total. The zero-order valence-corrected chi connectivity index (χ0v) is 12.4. The third kappa shape index (κ3) is 3.52. The summed E-state index contributed by atoms with van der Waals surface area (Å²) in [6, 6.07) is 16.8. The molecule has 2 aromatic rings. The summed E-state index contributed by atoms with van der Waals surface area (Å²) in [6.07, 6.45) is 0. The number of methoxy groups -OCH3 is 1. The molecule has 0 amide bonds. The summed E-state index contributed by atoms with van der Waals surface area (Å²) in [7, 11) is 5.75. The van der Waals surface area contributed by atoms with Crippen LogP contribution in [0, 0.1) is 0 Å². The molecule has 0 fully saturated rings. The largest absolute Gasteiger partial charge is 0.495 e. The van der Waals surface area contributed by atoms with Gasteiger partial charge in [-0.2, -0.15) is 0 Å². The monoisotopic (exact) mass is 270 g/mol. The lowest BCUT2D eigenvalue weighted by Gasteiger charge is -2.21. The van der Waals surface area contributed by atoms with Gasteiger partial charge in [0.05, 0.1) is 12.8 Å². The molecule has 106 valence electrons. The van der Waals surface area contributed by atoms with E-state index in [0.717, 1.165) is 24.5 Å². The van der Waals surface area contributed by atoms with Crippen LogP contribution in [0.1, 0.15) is 11.1 Å². The predicted molar refractivity (Wildman–Crippen MR) is 84.3 cm³/mol. The first kappa shape index (κ1) is 14.4. The highest BCUT2D eigenvalue weighted by molar-refractivity contribution is 5.58. The lowest BCUT2D eigenvalue weighted by molar-refractivity contribution is 0.415. The van der Waals surface area contributed by atoms with Gasteiger partial charge < -0.3 is 15.0 Å². The normalized spacial score (nSPS) is 10.3. The SMILES string of the molecule is CNCc1ccc(CN(C)c2ccccc2OC)cc1. The van der Waals surface area contributed by atoms with Crippen molar-refractivity contribution in [1.29, 1.82) is 0 Å². The van der Waals surface area contributed by atoms with Gasteiger partial charge in [-0.05, 0) is 30.3 Å². The third-order valence-corrected chi connectivity index (χ3v) is 3.32. The number of benzene rings is 2. The quantitative estimate of drug-likeness (QED) is 0.873. The summed E-state index contributed by atoms with van der Waals surface area (Å²) in [5.74, 6) is 0.904. The minimum absolute atomic E-state index is 0.861. The molecular formula is C17H22N2O. The first-order valence-corrected chi connectivity index (χ1v) is 6.81. The number of hydrogen-bond acceptors (Lipinski definition) is 3. The van der Waals surface area contributed by atoms with E-state index in [-0.39, 0.29) is 0 Å². The van der Waals surface area contributed by atoms with E-state index in [1.54, 1.807) is 7.11 Å². The second-order valence-electron chi connectivity index (χ2n) is 4.87. The zero-order chi connectivity index (χ0) is 14.4. The van der Waals surface area contributed by atoms with Crippen LogP contribution in [0.3, 0.4) is 0 Å². The van der Waals surface area contributed by atoms with Crippen LogP contribution in [-0.4, -0.2) is 21.2 Å². The molecule has 0 aliphatic carbocycles. The number of anilines is 1. The molecule has 2 aromatic carbocycles. The van der Waals surface area contributed by atoms with Crippen molar-refractivity contribution >= 4 is 5.69 Å². The molecule has 0 unspecified atom stereocenters. The first-order valence-electron chi connectivity index (χ1n) is 6.81. The number of rotatable bonds is 6. The van der Waals surface area contributed by atoms with E-state index in [4.69, 9.17) is 4.74 Å². The van der Waals surface area contributed by atoms with Crippen LogP contribution in [0.15, 0.2) is 48.5 Å². The Labute approximate surface area is 121 Å². The van der Waals surface area contributed by atoms with Crippen LogP contribution in [0.2, 0.25) is 0 Å². The van der Waals surface area contributed by atoms with Gasteiger partial charge in [-0.25, -0.2) is 0 Å². The molecule has 2 rings (SSSR count). The van der Waals surface area contributed by atoms with Crippen LogP contribution >= 0.6 is 0 Å². The van der Waals surface area contributed by atoms with E-state index >= 15 is 0 Å². The Morgan fingerprint density at radius 2 is 1.65 bits per heavy atom. The average molecular weight is 270 g/mol. The van der Waals surface area contributed by atoms with E-state index in [0.29, 0.717) is 0 Å². The summed E-state index contributed by atoms with van der Waals surface area (Å²) in [5.41, 5.74) is 3.70. The van der Waals surface area contributed by atoms with Gasteiger partial charge in [-0.1, -0.05) is 36.4 Å². The standard InChI is InChI=1S/C17H22N2O/c1-18-12-14-8-10-15(11-9-14)13-19(2)16-6-4-5-7-17(16)20-3/h4-11,18H,12-13H2,1-3H3. The van der Waals surface area contributed by atoms with Crippen molar-refractivity contribution in [3.05, 3.63) is 59.7 Å². The van der Waals surface area contributed by atoms with Gasteiger partial charge in [-0.15, -0.1) is 0 Å². The molecule has 0 aromatic heterocycles. The van der Waals surface area contributed by atoms with Gasteiger partial charge in [0.25, 0.3) is 0 Å². The van der Waals surface area contributed by atoms with Crippen molar-refractivity contribution in [3.63, 3.8) is 0 Å². The molecular weight excluding hydrogens is 248 g/mol. The fourth-order valence-corrected chi connectivity index (χ4v) is 2.27. The van der Waals surface area contributed by atoms with Gasteiger partial charge >= 0.3 is 0 Å². The Morgan fingerprint density at radius 1 is 1.00 bits per heavy atom. The number of para-hydroxylation sites is 2. The van der Waals surface area contributed by atoms with Gasteiger partial charge in [0.15, 0.2) is 0 Å². The molecule has 0 spiro atoms. The maximum absolute atomic E-state index is 5.41. The first-order chi connectivity index (χ1) is 9.74. The molecule has 0 radical (unpaired) electrons. The summed E-state index contributed by atoms with van der Waals surface area (Å²) >= 11 is 0. The van der Waals surface area contributed by atoms with Crippen LogP contribution in [0.4, 0.5) is 5.69 Å². The Morgan fingerprint density at radius 3 is 2.30 bits per heavy atom. The number of hydrogen-bond donors (Lipinski definition) is 1. The smallest absolute Gasteiger partial charge is 0.142 e. The summed E-state index contributed by atoms with van der Waals surface area (Å²) in [4.78, 5) is 2.20. The third-order valence-electron chi connectivity index (χ3n) is 3.32. The van der Waals surface area contributed by atoms with Crippen LogP contribution < -0.4 is 15.0 Å². The molecule has 0 saturated carbocycles. The van der Waals surface area contributed by atoms with E-state index in [9.17, 15) is 0 Å². The highest BCUT2D eigenvalue weighted by Gasteiger charge is 2.07. The Kier molecular flexibility index (Phi) is 5.02. The molecule has 3 heteroatoms.